The number of rotatable bonds is 3. The van der Waals surface area contributed by atoms with Crippen molar-refractivity contribution in [1.29, 1.82) is 0 Å². The van der Waals surface area contributed by atoms with Gasteiger partial charge < -0.3 is 9.80 Å². The lowest BCUT2D eigenvalue weighted by Gasteiger charge is -2.42. The number of hydrogen-bond donors (Lipinski definition) is 0. The van der Waals surface area contributed by atoms with Gasteiger partial charge in [0, 0.05) is 48.8 Å². The number of carbonyl (C=O) groups is 1. The summed E-state index contributed by atoms with van der Waals surface area (Å²) in [7, 11) is 2.09. The lowest BCUT2D eigenvalue weighted by atomic mass is 10.0. The monoisotopic (exact) mass is 449 g/mol. The maximum Gasteiger partial charge on any atom is 0.254 e. The van der Waals surface area contributed by atoms with E-state index in [0.717, 1.165) is 34.1 Å². The second-order valence-electron chi connectivity index (χ2n) is 7.52. The Morgan fingerprint density at radius 1 is 1.07 bits per heavy atom. The van der Waals surface area contributed by atoms with Gasteiger partial charge in [-0.1, -0.05) is 58.1 Å². The van der Waals surface area contributed by atoms with Crippen molar-refractivity contribution in [2.24, 2.45) is 0 Å². The third-order valence-electron chi connectivity index (χ3n) is 5.38. The maximum absolute atomic E-state index is 13.2. The molecule has 0 bridgehead atoms. The summed E-state index contributed by atoms with van der Waals surface area (Å²) in [4.78, 5) is 19.6. The van der Waals surface area contributed by atoms with Crippen molar-refractivity contribution >= 4 is 21.8 Å². The van der Waals surface area contributed by atoms with Crippen LogP contribution >= 0.6 is 15.9 Å². The molecule has 0 aromatic heterocycles. The van der Waals surface area contributed by atoms with E-state index < -0.39 is 0 Å². The number of nitrogens with zero attached hydrogens (tertiary/aromatic N) is 3. The van der Waals surface area contributed by atoms with Gasteiger partial charge in [0.15, 0.2) is 0 Å². The smallest absolute Gasteiger partial charge is 0.254 e. The molecule has 5 heteroatoms. The number of hydrogen-bond acceptors (Lipinski definition) is 3. The SMILES string of the molecule is CN1CN(Cc2ccccc2)C(=O)C2=C1CCN(CC#Cc1ccc(Br)cc1)C2. The Kier molecular flexibility index (Phi) is 6.03. The van der Waals surface area contributed by atoms with E-state index in [9.17, 15) is 4.79 Å². The first-order chi connectivity index (χ1) is 14.1. The molecule has 0 saturated heterocycles. The molecule has 148 valence electrons. The fraction of sp³-hybridized carbons (Fsp3) is 0.292. The van der Waals surface area contributed by atoms with Gasteiger partial charge >= 0.3 is 0 Å². The van der Waals surface area contributed by atoms with Crippen molar-refractivity contribution in [3.05, 3.63) is 81.5 Å². The third-order valence-corrected chi connectivity index (χ3v) is 5.91. The van der Waals surface area contributed by atoms with Gasteiger partial charge in [0.25, 0.3) is 5.91 Å². The zero-order valence-corrected chi connectivity index (χ0v) is 18.2. The van der Waals surface area contributed by atoms with Crippen molar-refractivity contribution in [3.8, 4) is 11.8 Å². The molecule has 1 amide bonds. The van der Waals surface area contributed by atoms with Crippen molar-refractivity contribution in [3.63, 3.8) is 0 Å². The lowest BCUT2D eigenvalue weighted by Crippen LogP contribution is -2.50. The molecule has 29 heavy (non-hydrogen) atoms. The van der Waals surface area contributed by atoms with E-state index in [1.807, 2.05) is 47.4 Å². The molecule has 0 aliphatic carbocycles. The minimum Gasteiger partial charge on any atom is -0.360 e. The van der Waals surface area contributed by atoms with Gasteiger partial charge in [-0.2, -0.15) is 0 Å². The summed E-state index contributed by atoms with van der Waals surface area (Å²) in [6.45, 7) is 3.56. The summed E-state index contributed by atoms with van der Waals surface area (Å²) >= 11 is 3.44. The molecule has 0 spiro atoms. The standard InChI is InChI=1S/C24H24BrN3O/c1-26-18-28(16-20-6-3-2-4-7-20)24(29)22-17-27(15-13-23(22)26)14-5-8-19-9-11-21(25)12-10-19/h2-4,6-7,9-12H,13-18H2,1H3. The van der Waals surface area contributed by atoms with Gasteiger partial charge in [-0.15, -0.1) is 0 Å². The normalized spacial score (nSPS) is 17.1. The van der Waals surface area contributed by atoms with E-state index in [1.165, 1.54) is 5.70 Å². The molecule has 0 N–H and O–H groups in total. The van der Waals surface area contributed by atoms with Crippen LogP contribution in [0.15, 0.2) is 70.3 Å². The van der Waals surface area contributed by atoms with Crippen molar-refractivity contribution in [2.75, 3.05) is 33.4 Å². The fourth-order valence-corrected chi connectivity index (χ4v) is 4.13. The van der Waals surface area contributed by atoms with Gasteiger partial charge in [0.2, 0.25) is 0 Å². The highest BCUT2D eigenvalue weighted by molar-refractivity contribution is 9.10. The van der Waals surface area contributed by atoms with Crippen LogP contribution in [0.2, 0.25) is 0 Å². The minimum atomic E-state index is 0.160. The first kappa shape index (κ1) is 19.8. The molecule has 4 rings (SSSR count). The van der Waals surface area contributed by atoms with Gasteiger partial charge in [0.1, 0.15) is 0 Å². The summed E-state index contributed by atoms with van der Waals surface area (Å²) in [5.41, 5.74) is 4.28. The Hall–Kier alpha value is -2.55. The summed E-state index contributed by atoms with van der Waals surface area (Å²) in [6, 6.07) is 18.2. The lowest BCUT2D eigenvalue weighted by molar-refractivity contribution is -0.131. The van der Waals surface area contributed by atoms with Crippen LogP contribution in [0.25, 0.3) is 0 Å². The van der Waals surface area contributed by atoms with E-state index in [0.29, 0.717) is 26.3 Å². The van der Waals surface area contributed by atoms with E-state index >= 15 is 0 Å². The zero-order chi connectivity index (χ0) is 20.2. The van der Waals surface area contributed by atoms with Crippen LogP contribution in [0.1, 0.15) is 17.5 Å². The topological polar surface area (TPSA) is 26.8 Å². The predicted molar refractivity (Wildman–Crippen MR) is 119 cm³/mol. The van der Waals surface area contributed by atoms with Crippen LogP contribution in [0, 0.1) is 11.8 Å². The van der Waals surface area contributed by atoms with E-state index in [1.54, 1.807) is 0 Å². The number of carbonyl (C=O) groups excluding carboxylic acids is 1. The Balaban J connectivity index is 1.43. The molecule has 0 saturated carbocycles. The van der Waals surface area contributed by atoms with E-state index in [4.69, 9.17) is 0 Å². The summed E-state index contributed by atoms with van der Waals surface area (Å²) < 4.78 is 1.05. The molecule has 2 aromatic carbocycles. The van der Waals surface area contributed by atoms with Crippen molar-refractivity contribution in [2.45, 2.75) is 13.0 Å². The van der Waals surface area contributed by atoms with Crippen LogP contribution in [-0.4, -0.2) is 54.0 Å². The average molecular weight is 450 g/mol. The molecular weight excluding hydrogens is 426 g/mol. The second kappa shape index (κ2) is 8.86. The number of amides is 1. The van der Waals surface area contributed by atoms with E-state index in [-0.39, 0.29) is 5.91 Å². The molecule has 2 aliphatic rings. The van der Waals surface area contributed by atoms with E-state index in [2.05, 4.69) is 56.8 Å². The summed E-state index contributed by atoms with van der Waals surface area (Å²) in [5, 5.41) is 0. The Morgan fingerprint density at radius 3 is 2.59 bits per heavy atom. The second-order valence-corrected chi connectivity index (χ2v) is 8.44. The largest absolute Gasteiger partial charge is 0.360 e. The quantitative estimate of drug-likeness (QED) is 0.668. The first-order valence-corrected chi connectivity index (χ1v) is 10.6. The Bertz CT molecular complexity index is 973. The molecule has 0 unspecified atom stereocenters. The minimum absolute atomic E-state index is 0.160. The molecular formula is C24H24BrN3O. The van der Waals surface area contributed by atoms with Crippen LogP contribution < -0.4 is 0 Å². The van der Waals surface area contributed by atoms with Crippen molar-refractivity contribution in [1.82, 2.24) is 14.7 Å². The number of benzene rings is 2. The summed E-state index contributed by atoms with van der Waals surface area (Å²) in [5.74, 6) is 6.64. The molecule has 4 nitrogen and oxygen atoms in total. The average Bonchev–Trinajstić information content (AvgIpc) is 2.74. The van der Waals surface area contributed by atoms with Crippen LogP contribution in [0.3, 0.4) is 0 Å². The highest BCUT2D eigenvalue weighted by Crippen LogP contribution is 2.27. The van der Waals surface area contributed by atoms with Crippen molar-refractivity contribution < 1.29 is 4.79 Å². The maximum atomic E-state index is 13.2. The Morgan fingerprint density at radius 2 is 1.83 bits per heavy atom. The molecule has 2 heterocycles. The first-order valence-electron chi connectivity index (χ1n) is 9.83. The number of halogens is 1. The molecule has 2 aliphatic heterocycles. The van der Waals surface area contributed by atoms with Crippen LogP contribution in [0.5, 0.6) is 0 Å². The molecule has 0 fully saturated rings. The van der Waals surface area contributed by atoms with Gasteiger partial charge in [-0.3, -0.25) is 9.69 Å². The van der Waals surface area contributed by atoms with Crippen LogP contribution in [0.4, 0.5) is 0 Å². The molecule has 0 radical (unpaired) electrons. The fourth-order valence-electron chi connectivity index (χ4n) is 3.86. The zero-order valence-electron chi connectivity index (χ0n) is 16.6. The van der Waals surface area contributed by atoms with Gasteiger partial charge in [-0.25, -0.2) is 0 Å². The van der Waals surface area contributed by atoms with Gasteiger partial charge in [0.05, 0.1) is 18.8 Å². The highest BCUT2D eigenvalue weighted by Gasteiger charge is 2.33. The Labute approximate surface area is 180 Å². The van der Waals surface area contributed by atoms with Gasteiger partial charge in [-0.05, 0) is 29.8 Å². The molecule has 2 aromatic rings. The summed E-state index contributed by atoms with van der Waals surface area (Å²) in [6.07, 6.45) is 0.900. The molecule has 0 atom stereocenters. The van der Waals surface area contributed by atoms with Crippen LogP contribution in [-0.2, 0) is 11.3 Å². The third kappa shape index (κ3) is 4.72. The predicted octanol–water partition coefficient (Wildman–Crippen LogP) is 3.69. The highest BCUT2D eigenvalue weighted by atomic mass is 79.9.